The molecule has 1 N–H and O–H groups in total. The van der Waals surface area contributed by atoms with Gasteiger partial charge in [0, 0.05) is 31.7 Å². The summed E-state index contributed by atoms with van der Waals surface area (Å²) < 4.78 is 5.89. The molecule has 2 aliphatic rings. The zero-order valence-corrected chi connectivity index (χ0v) is 15.0. The second-order valence-corrected chi connectivity index (χ2v) is 6.89. The average molecular weight is 354 g/mol. The van der Waals surface area contributed by atoms with Gasteiger partial charge in [-0.3, -0.25) is 14.5 Å². The van der Waals surface area contributed by atoms with E-state index >= 15 is 0 Å². The Kier molecular flexibility index (Phi) is 4.24. The predicted molar refractivity (Wildman–Crippen MR) is 95.2 cm³/mol. The first-order valence-corrected chi connectivity index (χ1v) is 8.85. The summed E-state index contributed by atoms with van der Waals surface area (Å²) >= 11 is 0. The lowest BCUT2D eigenvalue weighted by molar-refractivity contribution is -0.149. The van der Waals surface area contributed by atoms with Crippen molar-refractivity contribution in [3.8, 4) is 11.5 Å². The van der Waals surface area contributed by atoms with E-state index in [-0.39, 0.29) is 18.4 Å². The van der Waals surface area contributed by atoms with E-state index in [2.05, 4.69) is 15.2 Å². The molecule has 1 aromatic carbocycles. The minimum atomic E-state index is -0.409. The Bertz CT molecular complexity index is 860. The van der Waals surface area contributed by atoms with Crippen molar-refractivity contribution in [2.45, 2.75) is 26.4 Å². The third-order valence-electron chi connectivity index (χ3n) is 5.14. The number of aryl methyl sites for hydroxylation is 2. The van der Waals surface area contributed by atoms with E-state index in [1.807, 2.05) is 38.1 Å². The number of hydrogen-bond donors (Lipinski definition) is 1. The number of fused-ring (bicyclic) bond motifs is 1. The molecule has 2 aliphatic heterocycles. The van der Waals surface area contributed by atoms with E-state index < -0.39 is 6.04 Å². The SMILES string of the molecule is Cc1ccccc1-c1nc(CN2CCN3C(=O)CNC(=O)C3C2)c(C)o1. The topological polar surface area (TPSA) is 78.7 Å². The predicted octanol–water partition coefficient (Wildman–Crippen LogP) is 1.10. The summed E-state index contributed by atoms with van der Waals surface area (Å²) in [6.07, 6.45) is 0. The molecule has 2 amide bonds. The number of oxazole rings is 1. The van der Waals surface area contributed by atoms with Gasteiger partial charge in [0.15, 0.2) is 0 Å². The van der Waals surface area contributed by atoms with Gasteiger partial charge in [-0.1, -0.05) is 18.2 Å². The molecule has 136 valence electrons. The van der Waals surface area contributed by atoms with E-state index in [0.717, 1.165) is 29.1 Å². The van der Waals surface area contributed by atoms with Crippen molar-refractivity contribution in [3.63, 3.8) is 0 Å². The molecule has 7 nitrogen and oxygen atoms in total. The first-order chi connectivity index (χ1) is 12.5. The van der Waals surface area contributed by atoms with Crippen LogP contribution in [0.3, 0.4) is 0 Å². The number of amides is 2. The van der Waals surface area contributed by atoms with Gasteiger partial charge >= 0.3 is 0 Å². The number of benzene rings is 1. The van der Waals surface area contributed by atoms with Crippen LogP contribution in [0.25, 0.3) is 11.5 Å². The molecule has 4 rings (SSSR count). The van der Waals surface area contributed by atoms with Crippen molar-refractivity contribution in [1.29, 1.82) is 0 Å². The van der Waals surface area contributed by atoms with Crippen LogP contribution in [-0.2, 0) is 16.1 Å². The molecular weight excluding hydrogens is 332 g/mol. The number of carbonyl (C=O) groups excluding carboxylic acids is 2. The Balaban J connectivity index is 1.51. The Morgan fingerprint density at radius 1 is 1.23 bits per heavy atom. The molecule has 0 radical (unpaired) electrons. The number of aromatic nitrogens is 1. The molecule has 3 heterocycles. The summed E-state index contributed by atoms with van der Waals surface area (Å²) in [5.41, 5.74) is 2.98. The lowest BCUT2D eigenvalue weighted by Gasteiger charge is -2.42. The average Bonchev–Trinajstić information content (AvgIpc) is 2.99. The fourth-order valence-corrected chi connectivity index (χ4v) is 3.60. The number of nitrogens with zero attached hydrogens (tertiary/aromatic N) is 3. The number of rotatable bonds is 3. The summed E-state index contributed by atoms with van der Waals surface area (Å²) in [4.78, 5) is 32.6. The summed E-state index contributed by atoms with van der Waals surface area (Å²) in [5, 5.41) is 2.67. The number of hydrogen-bond acceptors (Lipinski definition) is 5. The van der Waals surface area contributed by atoms with Crippen molar-refractivity contribution in [2.75, 3.05) is 26.2 Å². The second-order valence-electron chi connectivity index (χ2n) is 6.89. The highest BCUT2D eigenvalue weighted by Crippen LogP contribution is 2.26. The Labute approximate surface area is 152 Å². The molecule has 26 heavy (non-hydrogen) atoms. The zero-order valence-electron chi connectivity index (χ0n) is 15.0. The van der Waals surface area contributed by atoms with Crippen LogP contribution in [0, 0.1) is 13.8 Å². The standard InChI is InChI=1S/C19H22N4O3/c1-12-5-3-4-6-14(12)19-21-15(13(2)26-19)10-22-7-8-23-16(11-22)18(25)20-9-17(23)24/h3-6,16H,7-11H2,1-2H3,(H,20,25). The van der Waals surface area contributed by atoms with Crippen molar-refractivity contribution < 1.29 is 14.0 Å². The fraction of sp³-hybridized carbons (Fsp3) is 0.421. The van der Waals surface area contributed by atoms with Gasteiger partial charge < -0.3 is 14.6 Å². The van der Waals surface area contributed by atoms with E-state index in [0.29, 0.717) is 25.5 Å². The molecular formula is C19H22N4O3. The highest BCUT2D eigenvalue weighted by atomic mass is 16.4. The van der Waals surface area contributed by atoms with Gasteiger partial charge in [0.1, 0.15) is 11.8 Å². The van der Waals surface area contributed by atoms with Crippen LogP contribution in [0.15, 0.2) is 28.7 Å². The lowest BCUT2D eigenvalue weighted by Crippen LogP contribution is -2.65. The molecule has 1 aromatic heterocycles. The molecule has 1 atom stereocenters. The first kappa shape index (κ1) is 16.8. The van der Waals surface area contributed by atoms with Gasteiger partial charge in [-0.2, -0.15) is 0 Å². The molecule has 1 unspecified atom stereocenters. The molecule has 0 aliphatic carbocycles. The molecule has 0 spiro atoms. The van der Waals surface area contributed by atoms with E-state index in [4.69, 9.17) is 4.42 Å². The van der Waals surface area contributed by atoms with Crippen molar-refractivity contribution in [1.82, 2.24) is 20.1 Å². The lowest BCUT2D eigenvalue weighted by atomic mass is 10.1. The van der Waals surface area contributed by atoms with Gasteiger partial charge in [-0.15, -0.1) is 0 Å². The largest absolute Gasteiger partial charge is 0.441 e. The number of carbonyl (C=O) groups is 2. The van der Waals surface area contributed by atoms with Gasteiger partial charge in [0.05, 0.1) is 12.2 Å². The summed E-state index contributed by atoms with van der Waals surface area (Å²) in [6, 6.07) is 7.59. The van der Waals surface area contributed by atoms with Crippen molar-refractivity contribution >= 4 is 11.8 Å². The van der Waals surface area contributed by atoms with E-state index in [1.54, 1.807) is 4.90 Å². The van der Waals surface area contributed by atoms with Crippen molar-refractivity contribution in [3.05, 3.63) is 41.3 Å². The van der Waals surface area contributed by atoms with Crippen LogP contribution in [0.5, 0.6) is 0 Å². The van der Waals surface area contributed by atoms with Gasteiger partial charge in [-0.25, -0.2) is 4.98 Å². The van der Waals surface area contributed by atoms with Gasteiger partial charge in [0.25, 0.3) is 0 Å². The fourth-order valence-electron chi connectivity index (χ4n) is 3.60. The monoisotopic (exact) mass is 354 g/mol. The highest BCUT2D eigenvalue weighted by Gasteiger charge is 2.38. The molecule has 2 saturated heterocycles. The smallest absolute Gasteiger partial charge is 0.244 e. The normalized spacial score (nSPS) is 20.8. The maximum atomic E-state index is 12.1. The minimum Gasteiger partial charge on any atom is -0.441 e. The van der Waals surface area contributed by atoms with Crippen LogP contribution >= 0.6 is 0 Å². The van der Waals surface area contributed by atoms with Crippen LogP contribution in [0.2, 0.25) is 0 Å². The quantitative estimate of drug-likeness (QED) is 0.893. The highest BCUT2D eigenvalue weighted by molar-refractivity contribution is 5.95. The van der Waals surface area contributed by atoms with Crippen LogP contribution < -0.4 is 5.32 Å². The summed E-state index contributed by atoms with van der Waals surface area (Å²) in [7, 11) is 0. The third kappa shape index (κ3) is 2.99. The van der Waals surface area contributed by atoms with Gasteiger partial charge in [0.2, 0.25) is 17.7 Å². The maximum Gasteiger partial charge on any atom is 0.244 e. The second kappa shape index (κ2) is 6.57. The molecule has 2 fully saturated rings. The van der Waals surface area contributed by atoms with Crippen LogP contribution in [0.1, 0.15) is 17.0 Å². The zero-order chi connectivity index (χ0) is 18.3. The number of nitrogens with one attached hydrogen (secondary N) is 1. The molecule has 2 aromatic rings. The molecule has 0 bridgehead atoms. The maximum absolute atomic E-state index is 12.1. The molecule has 0 saturated carbocycles. The Morgan fingerprint density at radius 2 is 2.04 bits per heavy atom. The Morgan fingerprint density at radius 3 is 2.85 bits per heavy atom. The van der Waals surface area contributed by atoms with Crippen molar-refractivity contribution in [2.24, 2.45) is 0 Å². The van der Waals surface area contributed by atoms with Crippen LogP contribution in [0.4, 0.5) is 0 Å². The van der Waals surface area contributed by atoms with Gasteiger partial charge in [-0.05, 0) is 25.5 Å². The number of piperazine rings is 2. The minimum absolute atomic E-state index is 0.00583. The molecule has 7 heteroatoms. The van der Waals surface area contributed by atoms with Crippen LogP contribution in [-0.4, -0.2) is 58.8 Å². The first-order valence-electron chi connectivity index (χ1n) is 8.85. The van der Waals surface area contributed by atoms with E-state index in [1.165, 1.54) is 0 Å². The Hall–Kier alpha value is -2.67. The summed E-state index contributed by atoms with van der Waals surface area (Å²) in [6.45, 7) is 6.47. The third-order valence-corrected chi connectivity index (χ3v) is 5.14. The summed E-state index contributed by atoms with van der Waals surface area (Å²) in [5.74, 6) is 1.33. The van der Waals surface area contributed by atoms with E-state index in [9.17, 15) is 9.59 Å².